The number of aromatic nitrogens is 1. The van der Waals surface area contributed by atoms with Crippen molar-refractivity contribution in [3.63, 3.8) is 0 Å². The maximum absolute atomic E-state index is 12.7. The molecule has 0 unspecified atom stereocenters. The summed E-state index contributed by atoms with van der Waals surface area (Å²) in [6, 6.07) is 11.6. The fraction of sp³-hybridized carbons (Fsp3) is 0.105. The van der Waals surface area contributed by atoms with Crippen molar-refractivity contribution in [2.24, 2.45) is 0 Å². The third-order valence-electron chi connectivity index (χ3n) is 4.34. The number of carbonyl (C=O) groups excluding carboxylic acids is 2. The first kappa shape index (κ1) is 17.9. The minimum atomic E-state index is -4.04. The second-order valence-corrected chi connectivity index (χ2v) is 7.77. The lowest BCUT2D eigenvalue weighted by molar-refractivity contribution is -0.120. The molecule has 0 bridgehead atoms. The average Bonchev–Trinajstić information content (AvgIpc) is 2.99. The largest absolute Gasteiger partial charge is 0.379 e. The molecule has 0 spiro atoms. The summed E-state index contributed by atoms with van der Waals surface area (Å²) in [6.45, 7) is 0. The molecule has 2 N–H and O–H groups in total. The van der Waals surface area contributed by atoms with Crippen molar-refractivity contribution in [1.29, 1.82) is 0 Å². The molecule has 1 fully saturated rings. The first-order valence-corrected chi connectivity index (χ1v) is 9.81. The first-order valence-electron chi connectivity index (χ1n) is 8.40. The number of hydrogen-bond acceptors (Lipinski definition) is 6. The van der Waals surface area contributed by atoms with Crippen LogP contribution in [-0.2, 0) is 21.3 Å². The maximum atomic E-state index is 12.7. The molecule has 28 heavy (non-hydrogen) atoms. The molecule has 0 radical (unpaired) electrons. The van der Waals surface area contributed by atoms with Gasteiger partial charge in [0.15, 0.2) is 0 Å². The lowest BCUT2D eigenvalue weighted by Gasteiger charge is -2.11. The molecular weight excluding hydrogens is 382 g/mol. The highest BCUT2D eigenvalue weighted by molar-refractivity contribution is 7.87. The topological polar surface area (TPSA) is 114 Å². The number of fused-ring (bicyclic) bond motifs is 1. The SMILES string of the molecule is O=C1NC(=O)[C@H](Cc2ccc(OS(=O)(=O)c3cccc4cnccc34)cc2)N1. The smallest absolute Gasteiger partial charge is 0.339 e. The second-order valence-electron chi connectivity index (χ2n) is 6.25. The number of benzene rings is 2. The highest BCUT2D eigenvalue weighted by Gasteiger charge is 2.29. The van der Waals surface area contributed by atoms with E-state index < -0.39 is 28.1 Å². The van der Waals surface area contributed by atoms with Crippen LogP contribution in [0.3, 0.4) is 0 Å². The highest BCUT2D eigenvalue weighted by Crippen LogP contribution is 2.25. The van der Waals surface area contributed by atoms with E-state index in [1.807, 2.05) is 0 Å². The molecule has 3 amide bonds. The Morgan fingerprint density at radius 2 is 1.82 bits per heavy atom. The minimum absolute atomic E-state index is 0.0572. The summed E-state index contributed by atoms with van der Waals surface area (Å²) in [4.78, 5) is 26.8. The van der Waals surface area contributed by atoms with E-state index in [2.05, 4.69) is 15.6 Å². The van der Waals surface area contributed by atoms with Crippen LogP contribution in [0.15, 0.2) is 65.8 Å². The Morgan fingerprint density at radius 1 is 1.04 bits per heavy atom. The van der Waals surface area contributed by atoms with E-state index in [1.165, 1.54) is 24.4 Å². The van der Waals surface area contributed by atoms with Gasteiger partial charge in [0, 0.05) is 29.6 Å². The molecule has 1 aliphatic rings. The summed E-state index contributed by atoms with van der Waals surface area (Å²) in [7, 11) is -4.04. The van der Waals surface area contributed by atoms with Gasteiger partial charge in [0.25, 0.3) is 5.91 Å². The van der Waals surface area contributed by atoms with Crippen LogP contribution in [0.4, 0.5) is 4.79 Å². The van der Waals surface area contributed by atoms with Gasteiger partial charge in [0.05, 0.1) is 0 Å². The number of carbonyl (C=O) groups is 2. The number of rotatable bonds is 5. The summed E-state index contributed by atoms with van der Waals surface area (Å²) in [5, 5.41) is 5.90. The van der Waals surface area contributed by atoms with E-state index in [0.717, 1.165) is 5.56 Å². The van der Waals surface area contributed by atoms with Crippen LogP contribution in [0.25, 0.3) is 10.8 Å². The number of nitrogens with zero attached hydrogens (tertiary/aromatic N) is 1. The van der Waals surface area contributed by atoms with Crippen molar-refractivity contribution >= 4 is 32.8 Å². The Hall–Kier alpha value is -3.46. The fourth-order valence-corrected chi connectivity index (χ4v) is 4.16. The molecule has 1 saturated heterocycles. The number of nitrogens with one attached hydrogen (secondary N) is 2. The number of amides is 3. The van der Waals surface area contributed by atoms with Gasteiger partial charge < -0.3 is 9.50 Å². The van der Waals surface area contributed by atoms with Crippen molar-refractivity contribution in [3.8, 4) is 5.75 Å². The zero-order chi connectivity index (χ0) is 19.7. The minimum Gasteiger partial charge on any atom is -0.379 e. The van der Waals surface area contributed by atoms with Gasteiger partial charge in [-0.05, 0) is 29.8 Å². The molecule has 1 aliphatic heterocycles. The average molecular weight is 397 g/mol. The molecular formula is C19H15N3O5S. The molecule has 4 rings (SSSR count). The fourth-order valence-electron chi connectivity index (χ4n) is 3.00. The van der Waals surface area contributed by atoms with E-state index in [0.29, 0.717) is 17.2 Å². The van der Waals surface area contributed by atoms with Crippen molar-refractivity contribution < 1.29 is 22.2 Å². The van der Waals surface area contributed by atoms with E-state index in [-0.39, 0.29) is 10.6 Å². The van der Waals surface area contributed by atoms with Crippen LogP contribution in [0, 0.1) is 0 Å². The van der Waals surface area contributed by atoms with Gasteiger partial charge >= 0.3 is 16.1 Å². The van der Waals surface area contributed by atoms with Gasteiger partial charge in [-0.2, -0.15) is 8.42 Å². The summed E-state index contributed by atoms with van der Waals surface area (Å²) in [6.07, 6.45) is 3.40. The molecule has 2 heterocycles. The molecule has 9 heteroatoms. The van der Waals surface area contributed by atoms with Gasteiger partial charge in [-0.3, -0.25) is 15.1 Å². The highest BCUT2D eigenvalue weighted by atomic mass is 32.2. The Balaban J connectivity index is 1.53. The zero-order valence-electron chi connectivity index (χ0n) is 14.5. The Kier molecular flexibility index (Phi) is 4.44. The van der Waals surface area contributed by atoms with Crippen LogP contribution in [0.2, 0.25) is 0 Å². The molecule has 1 atom stereocenters. The molecule has 3 aromatic rings. The maximum Gasteiger partial charge on any atom is 0.339 e. The van der Waals surface area contributed by atoms with Crippen molar-refractivity contribution in [1.82, 2.24) is 15.6 Å². The van der Waals surface area contributed by atoms with Crippen molar-refractivity contribution in [2.75, 3.05) is 0 Å². The van der Waals surface area contributed by atoms with Gasteiger partial charge in [0.2, 0.25) is 0 Å². The third kappa shape index (κ3) is 3.52. The summed E-state index contributed by atoms with van der Waals surface area (Å²) >= 11 is 0. The Morgan fingerprint density at radius 3 is 2.54 bits per heavy atom. The quantitative estimate of drug-likeness (QED) is 0.501. The molecule has 0 aliphatic carbocycles. The number of hydrogen-bond donors (Lipinski definition) is 2. The first-order chi connectivity index (χ1) is 13.4. The Labute approximate surface area is 160 Å². The number of imide groups is 1. The van der Waals surface area contributed by atoms with Crippen LogP contribution in [0.1, 0.15) is 5.56 Å². The molecule has 8 nitrogen and oxygen atoms in total. The van der Waals surface area contributed by atoms with E-state index in [1.54, 1.807) is 36.5 Å². The standard InChI is InChI=1S/C19H15N3O5S/c23-18-16(21-19(24)22-18)10-12-4-6-14(7-5-12)27-28(25,26)17-3-1-2-13-11-20-9-8-15(13)17/h1-9,11,16H,10H2,(H2,21,22,23,24)/t16-/m0/s1. The van der Waals surface area contributed by atoms with E-state index in [4.69, 9.17) is 4.18 Å². The van der Waals surface area contributed by atoms with Gasteiger partial charge in [0.1, 0.15) is 16.7 Å². The van der Waals surface area contributed by atoms with Crippen molar-refractivity contribution in [3.05, 3.63) is 66.5 Å². The molecule has 1 aromatic heterocycles. The molecule has 2 aromatic carbocycles. The third-order valence-corrected chi connectivity index (χ3v) is 5.64. The Bertz CT molecular complexity index is 1170. The van der Waals surface area contributed by atoms with Gasteiger partial charge in [-0.25, -0.2) is 4.79 Å². The lowest BCUT2D eigenvalue weighted by Crippen LogP contribution is -2.31. The summed E-state index contributed by atoms with van der Waals surface area (Å²) in [5.74, 6) is -0.243. The van der Waals surface area contributed by atoms with Crippen LogP contribution >= 0.6 is 0 Å². The van der Waals surface area contributed by atoms with Gasteiger partial charge in [-0.1, -0.05) is 24.3 Å². The van der Waals surface area contributed by atoms with E-state index in [9.17, 15) is 18.0 Å². The van der Waals surface area contributed by atoms with Crippen LogP contribution in [-0.4, -0.2) is 31.4 Å². The van der Waals surface area contributed by atoms with Crippen LogP contribution < -0.4 is 14.8 Å². The predicted molar refractivity (Wildman–Crippen MR) is 100 cm³/mol. The molecule has 142 valence electrons. The summed E-state index contributed by atoms with van der Waals surface area (Å²) in [5.41, 5.74) is 0.753. The van der Waals surface area contributed by atoms with Gasteiger partial charge in [-0.15, -0.1) is 0 Å². The second kappa shape index (κ2) is 6.93. The van der Waals surface area contributed by atoms with Crippen molar-refractivity contribution in [2.45, 2.75) is 17.4 Å². The van der Waals surface area contributed by atoms with Crippen LogP contribution in [0.5, 0.6) is 5.75 Å². The predicted octanol–water partition coefficient (Wildman–Crippen LogP) is 1.75. The zero-order valence-corrected chi connectivity index (χ0v) is 15.3. The monoisotopic (exact) mass is 397 g/mol. The van der Waals surface area contributed by atoms with E-state index >= 15 is 0 Å². The molecule has 0 saturated carbocycles. The number of urea groups is 1. The normalized spacial score (nSPS) is 16.6. The lowest BCUT2D eigenvalue weighted by atomic mass is 10.1. The number of pyridine rings is 1. The summed E-state index contributed by atoms with van der Waals surface area (Å²) < 4.78 is 30.7.